The zero-order valence-electron chi connectivity index (χ0n) is 60.9. The van der Waals surface area contributed by atoms with Crippen LogP contribution in [-0.4, -0.2) is 87.5 Å². The largest absolute Gasteiger partial charge is 0.394 e. The average Bonchev–Trinajstić information content (AvgIpc) is 0.829. The molecule has 6 N–H and O–H groups in total. The fourth-order valence-corrected chi connectivity index (χ4v) is 12.2. The molecule has 9 heteroatoms. The van der Waals surface area contributed by atoms with Gasteiger partial charge >= 0.3 is 0 Å². The summed E-state index contributed by atoms with van der Waals surface area (Å²) < 4.78 is 11.3. The summed E-state index contributed by atoms with van der Waals surface area (Å²) in [6, 6.07) is -0.817. The monoisotopic (exact) mass is 1310 g/mol. The minimum absolute atomic E-state index is 0.180. The summed E-state index contributed by atoms with van der Waals surface area (Å²) in [5.41, 5.74) is 0. The van der Waals surface area contributed by atoms with Crippen molar-refractivity contribution in [1.82, 2.24) is 5.32 Å². The van der Waals surface area contributed by atoms with Crippen LogP contribution in [0.1, 0.15) is 354 Å². The number of hydrogen-bond acceptors (Lipinski definition) is 8. The van der Waals surface area contributed by atoms with Crippen LogP contribution in [0, 0.1) is 0 Å². The molecular weight excluding hydrogens is 1160 g/mol. The number of hydrogen-bond donors (Lipinski definition) is 6. The SMILES string of the molecule is CC/C=C\C/C=C\C/C=C\C/C=C\C/C=C\C/C=C\C/C=C\C/C=C\C/C=C\CCCCCCCCCCCCCC(=O)NC(COC1OC(CO)C(O)C(O)C1O)C(O)/C=C/CCCCCCCCCCCCCCCCCCCCCCCCCCCCCCCC. The Morgan fingerprint density at radius 1 is 0.372 bits per heavy atom. The molecule has 0 aromatic carbocycles. The predicted octanol–water partition coefficient (Wildman–Crippen LogP) is 22.9. The van der Waals surface area contributed by atoms with Gasteiger partial charge in [0.05, 0.1) is 25.4 Å². The number of aliphatic hydroxyl groups is 5. The molecule has 0 spiro atoms. The summed E-state index contributed by atoms with van der Waals surface area (Å²) in [6.45, 7) is 3.70. The highest BCUT2D eigenvalue weighted by atomic mass is 16.7. The highest BCUT2D eigenvalue weighted by Gasteiger charge is 2.44. The van der Waals surface area contributed by atoms with Gasteiger partial charge in [0.15, 0.2) is 6.29 Å². The van der Waals surface area contributed by atoms with E-state index < -0.39 is 49.5 Å². The topological polar surface area (TPSA) is 149 Å². The molecule has 1 heterocycles. The van der Waals surface area contributed by atoms with E-state index in [0.717, 1.165) is 103 Å². The van der Waals surface area contributed by atoms with E-state index in [1.165, 1.54) is 231 Å². The smallest absolute Gasteiger partial charge is 0.220 e. The maximum atomic E-state index is 13.2. The first-order valence-electron chi connectivity index (χ1n) is 39.8. The Morgan fingerprint density at radius 2 is 0.660 bits per heavy atom. The van der Waals surface area contributed by atoms with Crippen LogP contribution >= 0.6 is 0 Å². The Balaban J connectivity index is 2.11. The van der Waals surface area contributed by atoms with Gasteiger partial charge < -0.3 is 40.3 Å². The summed E-state index contributed by atoms with van der Waals surface area (Å²) in [4.78, 5) is 13.2. The van der Waals surface area contributed by atoms with Gasteiger partial charge in [-0.2, -0.15) is 0 Å². The maximum absolute atomic E-state index is 13.2. The van der Waals surface area contributed by atoms with Crippen molar-refractivity contribution < 1.29 is 39.8 Å². The van der Waals surface area contributed by atoms with Crippen LogP contribution in [0.2, 0.25) is 0 Å². The van der Waals surface area contributed by atoms with E-state index in [1.54, 1.807) is 6.08 Å². The van der Waals surface area contributed by atoms with Crippen molar-refractivity contribution >= 4 is 5.91 Å². The molecule has 94 heavy (non-hydrogen) atoms. The Kier molecular flexibility index (Phi) is 68.2. The Labute approximate surface area is 579 Å². The van der Waals surface area contributed by atoms with E-state index in [9.17, 15) is 30.3 Å². The molecule has 1 saturated heterocycles. The van der Waals surface area contributed by atoms with Crippen LogP contribution < -0.4 is 5.32 Å². The summed E-state index contributed by atoms with van der Waals surface area (Å²) in [5, 5.41) is 54.9. The Hall–Kier alpha value is -3.41. The number of unbranched alkanes of at least 4 members (excludes halogenated alkanes) is 41. The van der Waals surface area contributed by atoms with Crippen molar-refractivity contribution in [3.63, 3.8) is 0 Å². The van der Waals surface area contributed by atoms with Crippen molar-refractivity contribution in [2.45, 2.75) is 397 Å². The van der Waals surface area contributed by atoms with Crippen molar-refractivity contribution in [2.75, 3.05) is 13.2 Å². The van der Waals surface area contributed by atoms with Gasteiger partial charge in [-0.3, -0.25) is 4.79 Å². The quantitative estimate of drug-likeness (QED) is 0.0261. The molecule has 1 amide bonds. The molecule has 9 nitrogen and oxygen atoms in total. The molecule has 1 rings (SSSR count). The van der Waals surface area contributed by atoms with Crippen LogP contribution in [0.3, 0.4) is 0 Å². The van der Waals surface area contributed by atoms with E-state index in [-0.39, 0.29) is 12.5 Å². The lowest BCUT2D eigenvalue weighted by Gasteiger charge is -2.40. The summed E-state index contributed by atoms with van der Waals surface area (Å²) in [6.07, 6.45) is 102. The number of allylic oxidation sites excluding steroid dienone is 19. The number of ether oxygens (including phenoxy) is 2. The number of carbonyl (C=O) groups is 1. The molecule has 7 atom stereocenters. The van der Waals surface area contributed by atoms with Crippen molar-refractivity contribution in [1.29, 1.82) is 0 Å². The minimum atomic E-state index is -1.57. The second-order valence-corrected chi connectivity index (χ2v) is 27.1. The van der Waals surface area contributed by atoms with Gasteiger partial charge in [0.25, 0.3) is 0 Å². The average molecular weight is 1310 g/mol. The van der Waals surface area contributed by atoms with Crippen molar-refractivity contribution in [3.8, 4) is 0 Å². The van der Waals surface area contributed by atoms with Crippen LogP contribution in [0.15, 0.2) is 122 Å². The number of aliphatic hydroxyl groups excluding tert-OH is 5. The zero-order chi connectivity index (χ0) is 67.8. The van der Waals surface area contributed by atoms with Crippen molar-refractivity contribution in [2.24, 2.45) is 0 Å². The molecule has 0 bridgehead atoms. The van der Waals surface area contributed by atoms with Gasteiger partial charge in [-0.05, 0) is 89.9 Å². The van der Waals surface area contributed by atoms with Gasteiger partial charge in [0.2, 0.25) is 5.91 Å². The third kappa shape index (κ3) is 59.8. The van der Waals surface area contributed by atoms with Gasteiger partial charge in [-0.15, -0.1) is 0 Å². The van der Waals surface area contributed by atoms with Crippen LogP contribution in [-0.2, 0) is 14.3 Å². The fourth-order valence-electron chi connectivity index (χ4n) is 12.2. The van der Waals surface area contributed by atoms with Crippen LogP contribution in [0.5, 0.6) is 0 Å². The summed E-state index contributed by atoms with van der Waals surface area (Å²) >= 11 is 0. The van der Waals surface area contributed by atoms with E-state index in [2.05, 4.69) is 129 Å². The highest BCUT2D eigenvalue weighted by molar-refractivity contribution is 5.76. The third-order valence-corrected chi connectivity index (χ3v) is 18.3. The molecule has 1 aliphatic rings. The summed E-state index contributed by atoms with van der Waals surface area (Å²) in [5.74, 6) is -0.180. The molecule has 0 aromatic heterocycles. The summed E-state index contributed by atoms with van der Waals surface area (Å²) in [7, 11) is 0. The maximum Gasteiger partial charge on any atom is 0.220 e. The molecule has 0 radical (unpaired) electrons. The fraction of sp³-hybridized carbons (Fsp3) is 0.753. The molecular formula is C85H149NO8. The van der Waals surface area contributed by atoms with E-state index in [1.807, 2.05) is 6.08 Å². The van der Waals surface area contributed by atoms with E-state index in [4.69, 9.17) is 9.47 Å². The minimum Gasteiger partial charge on any atom is -0.394 e. The normalized spacial score (nSPS) is 18.2. The van der Waals surface area contributed by atoms with Crippen LogP contribution in [0.25, 0.3) is 0 Å². The van der Waals surface area contributed by atoms with Gasteiger partial charge in [-0.1, -0.05) is 379 Å². The van der Waals surface area contributed by atoms with Gasteiger partial charge in [0, 0.05) is 6.42 Å². The second-order valence-electron chi connectivity index (χ2n) is 27.1. The lowest BCUT2D eigenvalue weighted by Crippen LogP contribution is -2.60. The lowest BCUT2D eigenvalue weighted by atomic mass is 9.99. The number of amides is 1. The van der Waals surface area contributed by atoms with Gasteiger partial charge in [-0.25, -0.2) is 0 Å². The number of nitrogens with one attached hydrogen (secondary N) is 1. The molecule has 0 saturated carbocycles. The third-order valence-electron chi connectivity index (χ3n) is 18.3. The molecule has 542 valence electrons. The highest BCUT2D eigenvalue weighted by Crippen LogP contribution is 2.24. The number of rotatable bonds is 69. The molecule has 1 aliphatic heterocycles. The lowest BCUT2D eigenvalue weighted by molar-refractivity contribution is -0.302. The second kappa shape index (κ2) is 72.3. The number of carbonyl (C=O) groups excluding carboxylic acids is 1. The Bertz CT molecular complexity index is 1910. The first kappa shape index (κ1) is 88.6. The van der Waals surface area contributed by atoms with Gasteiger partial charge in [0.1, 0.15) is 24.4 Å². The molecule has 0 aliphatic carbocycles. The van der Waals surface area contributed by atoms with Crippen molar-refractivity contribution in [3.05, 3.63) is 122 Å². The molecule has 1 fully saturated rings. The molecule has 7 unspecified atom stereocenters. The first-order chi connectivity index (χ1) is 46.3. The molecule has 0 aromatic rings. The predicted molar refractivity (Wildman–Crippen MR) is 405 cm³/mol. The first-order valence-corrected chi connectivity index (χ1v) is 39.8. The Morgan fingerprint density at radius 3 is 0.979 bits per heavy atom. The zero-order valence-corrected chi connectivity index (χ0v) is 60.9. The van der Waals surface area contributed by atoms with E-state index >= 15 is 0 Å². The standard InChI is InChI=1S/C85H149NO8/c1-3-5-7-9-11-13-15-17-19-21-23-25-27-29-31-33-35-37-38-39-40-41-42-43-45-47-49-51-53-55-57-59-61-63-65-67-69-71-73-75-81(89)86-78(77-93-85-84(92)83(91)82(90)80(76-87)94-85)79(88)74-72-70-68-66-64-62-60-58-56-54-52-50-48-46-44-36-34-32-30-28-26-24-22-20-18-16-14-12-10-8-6-4-2/h5,7,11,13,17,19,23,25,29,31,35,37,39-40,42-43,47,49,72,74,78-80,82-85,87-88,90-92H,3-4,6,8-10,12,14-16,18,20-22,24,26-28,30,32-34,36,38,41,44-46,48,50-71,73,75-77H2,1-2H3,(H,86,89)/b7-5-,13-11-,19-17-,25-23-,31-29-,37-35-,40-39-,43-42-,49-47-,74-72+. The van der Waals surface area contributed by atoms with E-state index in [0.29, 0.717) is 6.42 Å². The van der Waals surface area contributed by atoms with Crippen LogP contribution in [0.4, 0.5) is 0 Å².